The van der Waals surface area contributed by atoms with Gasteiger partial charge in [-0.25, -0.2) is 4.79 Å². The lowest BCUT2D eigenvalue weighted by molar-refractivity contribution is -0.146. The van der Waals surface area contributed by atoms with Crippen molar-refractivity contribution in [1.29, 1.82) is 0 Å². The maximum atomic E-state index is 10.1. The summed E-state index contributed by atoms with van der Waals surface area (Å²) in [5, 5.41) is 22.9. The minimum Gasteiger partial charge on any atom is -0.479 e. The molecule has 0 radical (unpaired) electrons. The molecule has 0 aromatic heterocycles. The van der Waals surface area contributed by atoms with Crippen LogP contribution in [-0.4, -0.2) is 35.2 Å². The summed E-state index contributed by atoms with van der Waals surface area (Å²) in [6.45, 7) is 0.547. The summed E-state index contributed by atoms with van der Waals surface area (Å²) in [6, 6.07) is 0. The SMILES string of the molecule is NN=CNCCC[C@@H](O)C(=O)O. The van der Waals surface area contributed by atoms with Gasteiger partial charge in [0, 0.05) is 6.54 Å². The molecule has 0 aliphatic carbocycles. The van der Waals surface area contributed by atoms with Gasteiger partial charge in [-0.15, -0.1) is 0 Å². The van der Waals surface area contributed by atoms with Gasteiger partial charge in [-0.05, 0) is 12.8 Å². The number of aliphatic carboxylic acids is 1. The molecular weight excluding hydrogens is 162 g/mol. The van der Waals surface area contributed by atoms with E-state index in [-0.39, 0.29) is 6.42 Å². The smallest absolute Gasteiger partial charge is 0.332 e. The van der Waals surface area contributed by atoms with E-state index in [1.165, 1.54) is 6.34 Å². The number of hydrogen-bond donors (Lipinski definition) is 4. The average molecular weight is 175 g/mol. The number of nitrogens with two attached hydrogens (primary N) is 1. The normalized spacial score (nSPS) is 13.1. The van der Waals surface area contributed by atoms with Gasteiger partial charge in [-0.3, -0.25) is 0 Å². The predicted octanol–water partition coefficient (Wildman–Crippen LogP) is -1.30. The van der Waals surface area contributed by atoms with Gasteiger partial charge >= 0.3 is 5.97 Å². The first-order valence-electron chi connectivity index (χ1n) is 3.54. The highest BCUT2D eigenvalue weighted by Crippen LogP contribution is 1.94. The van der Waals surface area contributed by atoms with E-state index in [9.17, 15) is 4.79 Å². The number of hydrogen-bond acceptors (Lipinski definition) is 4. The fraction of sp³-hybridized carbons (Fsp3) is 0.667. The lowest BCUT2D eigenvalue weighted by Gasteiger charge is -2.03. The van der Waals surface area contributed by atoms with Crippen molar-refractivity contribution in [2.24, 2.45) is 10.9 Å². The monoisotopic (exact) mass is 175 g/mol. The van der Waals surface area contributed by atoms with Crippen LogP contribution in [-0.2, 0) is 4.79 Å². The molecule has 0 aliphatic heterocycles. The van der Waals surface area contributed by atoms with Crippen LogP contribution in [0.1, 0.15) is 12.8 Å². The van der Waals surface area contributed by atoms with E-state index < -0.39 is 12.1 Å². The molecule has 1 atom stereocenters. The van der Waals surface area contributed by atoms with Crippen LogP contribution in [0.2, 0.25) is 0 Å². The Labute approximate surface area is 70.1 Å². The van der Waals surface area contributed by atoms with E-state index in [2.05, 4.69) is 10.4 Å². The first kappa shape index (κ1) is 10.7. The number of aliphatic hydroxyl groups excluding tert-OH is 1. The van der Waals surface area contributed by atoms with Crippen molar-refractivity contribution in [2.45, 2.75) is 18.9 Å². The first-order chi connectivity index (χ1) is 5.68. The van der Waals surface area contributed by atoms with Gasteiger partial charge in [0.1, 0.15) is 6.34 Å². The summed E-state index contributed by atoms with van der Waals surface area (Å²) in [4.78, 5) is 10.1. The molecule has 70 valence electrons. The van der Waals surface area contributed by atoms with E-state index in [1.807, 2.05) is 0 Å². The van der Waals surface area contributed by atoms with Crippen LogP contribution < -0.4 is 11.2 Å². The molecule has 0 amide bonds. The van der Waals surface area contributed by atoms with E-state index in [4.69, 9.17) is 16.1 Å². The molecule has 6 heteroatoms. The summed E-state index contributed by atoms with van der Waals surface area (Å²) in [5.41, 5.74) is 0. The summed E-state index contributed by atoms with van der Waals surface area (Å²) >= 11 is 0. The topological polar surface area (TPSA) is 108 Å². The Kier molecular flexibility index (Phi) is 5.72. The highest BCUT2D eigenvalue weighted by atomic mass is 16.4. The van der Waals surface area contributed by atoms with E-state index in [0.717, 1.165) is 0 Å². The van der Waals surface area contributed by atoms with Gasteiger partial charge < -0.3 is 21.4 Å². The van der Waals surface area contributed by atoms with E-state index >= 15 is 0 Å². The van der Waals surface area contributed by atoms with Gasteiger partial charge in [0.05, 0.1) is 0 Å². The lowest BCUT2D eigenvalue weighted by Crippen LogP contribution is -2.22. The largest absolute Gasteiger partial charge is 0.479 e. The van der Waals surface area contributed by atoms with Gasteiger partial charge in [-0.2, -0.15) is 5.10 Å². The minimum atomic E-state index is -1.28. The molecule has 0 rings (SSSR count). The first-order valence-corrected chi connectivity index (χ1v) is 3.54. The van der Waals surface area contributed by atoms with E-state index in [1.54, 1.807) is 0 Å². The molecule has 0 aromatic carbocycles. The number of hydrazone groups is 1. The van der Waals surface area contributed by atoms with Gasteiger partial charge in [0.2, 0.25) is 0 Å². The molecule has 0 heterocycles. The van der Waals surface area contributed by atoms with Crippen molar-refractivity contribution < 1.29 is 15.0 Å². The zero-order valence-corrected chi connectivity index (χ0v) is 6.60. The summed E-state index contributed by atoms with van der Waals surface area (Å²) in [5.74, 6) is 3.59. The van der Waals surface area contributed by atoms with Crippen LogP contribution in [0.5, 0.6) is 0 Å². The van der Waals surface area contributed by atoms with Crippen molar-refractivity contribution in [3.63, 3.8) is 0 Å². The molecule has 6 nitrogen and oxygen atoms in total. The van der Waals surface area contributed by atoms with Crippen molar-refractivity contribution in [3.8, 4) is 0 Å². The second-order valence-electron chi connectivity index (χ2n) is 2.23. The maximum Gasteiger partial charge on any atom is 0.332 e. The lowest BCUT2D eigenvalue weighted by atomic mass is 10.2. The van der Waals surface area contributed by atoms with Crippen molar-refractivity contribution in [1.82, 2.24) is 5.32 Å². The highest BCUT2D eigenvalue weighted by Gasteiger charge is 2.11. The second kappa shape index (κ2) is 6.41. The van der Waals surface area contributed by atoms with Crippen LogP contribution in [0.4, 0.5) is 0 Å². The van der Waals surface area contributed by atoms with Crippen LogP contribution in [0, 0.1) is 0 Å². The maximum absolute atomic E-state index is 10.1. The molecule has 0 saturated heterocycles. The van der Waals surface area contributed by atoms with Crippen LogP contribution in [0.15, 0.2) is 5.10 Å². The molecule has 5 N–H and O–H groups in total. The molecule has 0 spiro atoms. The van der Waals surface area contributed by atoms with Crippen molar-refractivity contribution in [2.75, 3.05) is 6.54 Å². The molecule has 12 heavy (non-hydrogen) atoms. The highest BCUT2D eigenvalue weighted by molar-refractivity contribution is 5.71. The fourth-order valence-corrected chi connectivity index (χ4v) is 0.638. The fourth-order valence-electron chi connectivity index (χ4n) is 0.638. The summed E-state index contributed by atoms with van der Waals surface area (Å²) in [7, 11) is 0. The number of rotatable bonds is 6. The predicted molar refractivity (Wildman–Crippen MR) is 43.6 cm³/mol. The third-order valence-corrected chi connectivity index (χ3v) is 1.25. The number of carbonyl (C=O) groups is 1. The van der Waals surface area contributed by atoms with E-state index in [0.29, 0.717) is 13.0 Å². The zero-order valence-electron chi connectivity index (χ0n) is 6.60. The molecule has 0 bridgehead atoms. The number of nitrogens with one attached hydrogen (secondary N) is 1. The third kappa shape index (κ3) is 5.48. The summed E-state index contributed by atoms with van der Waals surface area (Å²) < 4.78 is 0. The van der Waals surface area contributed by atoms with Crippen LogP contribution in [0.25, 0.3) is 0 Å². The Morgan fingerprint density at radius 1 is 1.75 bits per heavy atom. The van der Waals surface area contributed by atoms with Crippen LogP contribution >= 0.6 is 0 Å². The Hall–Kier alpha value is -1.30. The number of nitrogens with zero attached hydrogens (tertiary/aromatic N) is 1. The Bertz CT molecular complexity index is 160. The minimum absolute atomic E-state index is 0.223. The van der Waals surface area contributed by atoms with Crippen LogP contribution in [0.3, 0.4) is 0 Å². The quantitative estimate of drug-likeness (QED) is 0.132. The Morgan fingerprint density at radius 3 is 2.92 bits per heavy atom. The molecular formula is C6H13N3O3. The Balaban J connectivity index is 3.25. The average Bonchev–Trinajstić information content (AvgIpc) is 2.03. The molecule has 0 fully saturated rings. The molecule has 0 unspecified atom stereocenters. The number of aliphatic hydroxyl groups is 1. The van der Waals surface area contributed by atoms with Gasteiger partial charge in [0.15, 0.2) is 6.10 Å². The molecule has 0 aliphatic rings. The van der Waals surface area contributed by atoms with Crippen molar-refractivity contribution in [3.05, 3.63) is 0 Å². The second-order valence-corrected chi connectivity index (χ2v) is 2.23. The number of carboxylic acids is 1. The standard InChI is InChI=1S/C6H13N3O3/c7-9-4-8-3-1-2-5(10)6(11)12/h4-5,10H,1-3,7H2,(H,8,9)(H,11,12)/t5-/m1/s1. The third-order valence-electron chi connectivity index (χ3n) is 1.25. The van der Waals surface area contributed by atoms with Crippen molar-refractivity contribution >= 4 is 12.3 Å². The molecule has 0 aromatic rings. The Morgan fingerprint density at radius 2 is 2.42 bits per heavy atom. The summed E-state index contributed by atoms with van der Waals surface area (Å²) in [6.07, 6.45) is 0.814. The zero-order chi connectivity index (χ0) is 9.40. The molecule has 0 saturated carbocycles. The van der Waals surface area contributed by atoms with Gasteiger partial charge in [0.25, 0.3) is 0 Å². The number of carboxylic acid groups (broad SMARTS) is 1. The van der Waals surface area contributed by atoms with Gasteiger partial charge in [-0.1, -0.05) is 0 Å².